The second-order valence-corrected chi connectivity index (χ2v) is 5.09. The molecule has 5 nitrogen and oxygen atoms in total. The summed E-state index contributed by atoms with van der Waals surface area (Å²) < 4.78 is 0. The van der Waals surface area contributed by atoms with Crippen LogP contribution in [0.1, 0.15) is 23.1 Å². The number of anilines is 1. The number of hydrogen-bond donors (Lipinski definition) is 1. The van der Waals surface area contributed by atoms with Crippen molar-refractivity contribution in [1.82, 2.24) is 19.9 Å². The summed E-state index contributed by atoms with van der Waals surface area (Å²) in [5.74, 6) is 0.672. The van der Waals surface area contributed by atoms with Crippen molar-refractivity contribution in [2.45, 2.75) is 19.9 Å². The SMILES string of the molecule is Cc1cc(C)nc(NC[C@H](c2ccccn2)N(C)C)n1. The smallest absolute Gasteiger partial charge is 0.223 e. The van der Waals surface area contributed by atoms with Crippen LogP contribution in [0.3, 0.4) is 0 Å². The molecule has 0 radical (unpaired) electrons. The van der Waals surface area contributed by atoms with Crippen molar-refractivity contribution in [3.8, 4) is 0 Å². The molecule has 106 valence electrons. The number of aryl methyl sites for hydroxylation is 2. The van der Waals surface area contributed by atoms with E-state index in [1.807, 2.05) is 58.4 Å². The lowest BCUT2D eigenvalue weighted by Crippen LogP contribution is -2.28. The standard InChI is InChI=1S/C15H21N5/c1-11-9-12(2)19-15(18-11)17-10-14(20(3)4)13-7-5-6-8-16-13/h5-9,14H,10H2,1-4H3,(H,17,18,19)/t14-/m1/s1. The fourth-order valence-electron chi connectivity index (χ4n) is 2.12. The minimum atomic E-state index is 0.181. The van der Waals surface area contributed by atoms with Gasteiger partial charge in [0.25, 0.3) is 0 Å². The average molecular weight is 271 g/mol. The van der Waals surface area contributed by atoms with Crippen LogP contribution in [0.2, 0.25) is 0 Å². The normalized spacial score (nSPS) is 12.4. The Bertz CT molecular complexity index is 533. The highest BCUT2D eigenvalue weighted by molar-refractivity contribution is 5.28. The number of nitrogens with zero attached hydrogens (tertiary/aromatic N) is 4. The number of aromatic nitrogens is 3. The summed E-state index contributed by atoms with van der Waals surface area (Å²) in [6.45, 7) is 4.66. The summed E-state index contributed by atoms with van der Waals surface area (Å²) in [4.78, 5) is 15.4. The average Bonchev–Trinajstić information content (AvgIpc) is 2.38. The Balaban J connectivity index is 2.10. The molecule has 0 bridgehead atoms. The van der Waals surface area contributed by atoms with E-state index in [0.29, 0.717) is 12.5 Å². The highest BCUT2D eigenvalue weighted by Gasteiger charge is 2.15. The molecule has 5 heteroatoms. The first kappa shape index (κ1) is 14.4. The van der Waals surface area contributed by atoms with E-state index in [2.05, 4.69) is 25.2 Å². The highest BCUT2D eigenvalue weighted by Crippen LogP contribution is 2.16. The molecule has 0 aliphatic carbocycles. The summed E-state index contributed by atoms with van der Waals surface area (Å²) in [5.41, 5.74) is 2.98. The molecule has 0 amide bonds. The van der Waals surface area contributed by atoms with Crippen molar-refractivity contribution >= 4 is 5.95 Å². The molecule has 0 fully saturated rings. The van der Waals surface area contributed by atoms with Gasteiger partial charge < -0.3 is 5.32 Å². The summed E-state index contributed by atoms with van der Waals surface area (Å²) >= 11 is 0. The molecule has 1 atom stereocenters. The third kappa shape index (κ3) is 3.74. The zero-order valence-corrected chi connectivity index (χ0v) is 12.5. The summed E-state index contributed by atoms with van der Waals surface area (Å²) in [6.07, 6.45) is 1.82. The summed E-state index contributed by atoms with van der Waals surface area (Å²) in [6, 6.07) is 8.12. The van der Waals surface area contributed by atoms with Crippen LogP contribution in [0.25, 0.3) is 0 Å². The van der Waals surface area contributed by atoms with Crippen LogP contribution < -0.4 is 5.32 Å². The molecule has 0 aliphatic heterocycles. The first-order valence-electron chi connectivity index (χ1n) is 6.70. The lowest BCUT2D eigenvalue weighted by atomic mass is 10.1. The zero-order chi connectivity index (χ0) is 14.5. The van der Waals surface area contributed by atoms with Crippen molar-refractivity contribution < 1.29 is 0 Å². The van der Waals surface area contributed by atoms with Gasteiger partial charge in [0.2, 0.25) is 5.95 Å². The number of likely N-dealkylation sites (N-methyl/N-ethyl adjacent to an activating group) is 1. The van der Waals surface area contributed by atoms with Crippen LogP contribution in [0.5, 0.6) is 0 Å². The highest BCUT2D eigenvalue weighted by atomic mass is 15.2. The molecule has 0 unspecified atom stereocenters. The van der Waals surface area contributed by atoms with Gasteiger partial charge in [-0.2, -0.15) is 0 Å². The maximum atomic E-state index is 4.43. The van der Waals surface area contributed by atoms with Crippen LogP contribution in [0.4, 0.5) is 5.95 Å². The molecule has 0 aromatic carbocycles. The number of rotatable bonds is 5. The predicted octanol–water partition coefficient (Wildman–Crippen LogP) is 2.20. The molecule has 2 rings (SSSR count). The van der Waals surface area contributed by atoms with Crippen molar-refractivity contribution in [2.75, 3.05) is 26.0 Å². The number of pyridine rings is 1. The summed E-state index contributed by atoms with van der Waals surface area (Å²) in [7, 11) is 4.09. The van der Waals surface area contributed by atoms with E-state index in [1.165, 1.54) is 0 Å². The van der Waals surface area contributed by atoms with Gasteiger partial charge in [0.15, 0.2) is 0 Å². The minimum Gasteiger partial charge on any atom is -0.352 e. The van der Waals surface area contributed by atoms with E-state index in [-0.39, 0.29) is 6.04 Å². The second kappa shape index (κ2) is 6.43. The predicted molar refractivity (Wildman–Crippen MR) is 80.7 cm³/mol. The molecule has 0 saturated carbocycles. The number of nitrogens with one attached hydrogen (secondary N) is 1. The van der Waals surface area contributed by atoms with Gasteiger partial charge in [-0.25, -0.2) is 9.97 Å². The Hall–Kier alpha value is -2.01. The van der Waals surface area contributed by atoms with E-state index < -0.39 is 0 Å². The van der Waals surface area contributed by atoms with Crippen molar-refractivity contribution in [1.29, 1.82) is 0 Å². The van der Waals surface area contributed by atoms with Crippen molar-refractivity contribution in [2.24, 2.45) is 0 Å². The Morgan fingerprint density at radius 2 is 1.85 bits per heavy atom. The summed E-state index contributed by atoms with van der Waals surface area (Å²) in [5, 5.41) is 3.30. The first-order chi connectivity index (χ1) is 9.56. The lowest BCUT2D eigenvalue weighted by Gasteiger charge is -2.24. The van der Waals surface area contributed by atoms with Gasteiger partial charge in [-0.3, -0.25) is 9.88 Å². The molecule has 2 heterocycles. The molecule has 1 N–H and O–H groups in total. The topological polar surface area (TPSA) is 53.9 Å². The fraction of sp³-hybridized carbons (Fsp3) is 0.400. The van der Waals surface area contributed by atoms with Crippen molar-refractivity contribution in [3.05, 3.63) is 47.5 Å². The molecule has 0 spiro atoms. The van der Waals surface area contributed by atoms with Crippen molar-refractivity contribution in [3.63, 3.8) is 0 Å². The van der Waals surface area contributed by atoms with E-state index in [9.17, 15) is 0 Å². The maximum Gasteiger partial charge on any atom is 0.223 e. The van der Waals surface area contributed by atoms with Gasteiger partial charge in [-0.05, 0) is 46.1 Å². The minimum absolute atomic E-state index is 0.181. The van der Waals surface area contributed by atoms with Crippen LogP contribution in [0.15, 0.2) is 30.5 Å². The Morgan fingerprint density at radius 1 is 1.15 bits per heavy atom. The molecular weight excluding hydrogens is 250 g/mol. The van der Waals surface area contributed by atoms with Crippen LogP contribution in [0, 0.1) is 13.8 Å². The van der Waals surface area contributed by atoms with Gasteiger partial charge >= 0.3 is 0 Å². The van der Waals surface area contributed by atoms with E-state index in [0.717, 1.165) is 17.1 Å². The van der Waals surface area contributed by atoms with Gasteiger partial charge in [0, 0.05) is 24.1 Å². The largest absolute Gasteiger partial charge is 0.352 e. The van der Waals surface area contributed by atoms with E-state index in [1.54, 1.807) is 0 Å². The maximum absolute atomic E-state index is 4.43. The Labute approximate surface area is 120 Å². The molecule has 0 saturated heterocycles. The van der Waals surface area contributed by atoms with Crippen LogP contribution in [-0.4, -0.2) is 40.5 Å². The van der Waals surface area contributed by atoms with Gasteiger partial charge in [-0.15, -0.1) is 0 Å². The monoisotopic (exact) mass is 271 g/mol. The first-order valence-corrected chi connectivity index (χ1v) is 6.70. The quantitative estimate of drug-likeness (QED) is 0.903. The Morgan fingerprint density at radius 3 is 2.40 bits per heavy atom. The third-order valence-electron chi connectivity index (χ3n) is 3.09. The van der Waals surface area contributed by atoms with Crippen LogP contribution in [-0.2, 0) is 0 Å². The molecule has 20 heavy (non-hydrogen) atoms. The second-order valence-electron chi connectivity index (χ2n) is 5.09. The van der Waals surface area contributed by atoms with E-state index in [4.69, 9.17) is 0 Å². The zero-order valence-electron chi connectivity index (χ0n) is 12.5. The lowest BCUT2D eigenvalue weighted by molar-refractivity contribution is 0.305. The molecular formula is C15H21N5. The van der Waals surface area contributed by atoms with Crippen LogP contribution >= 0.6 is 0 Å². The van der Waals surface area contributed by atoms with Gasteiger partial charge in [-0.1, -0.05) is 6.07 Å². The fourth-order valence-corrected chi connectivity index (χ4v) is 2.12. The Kier molecular flexibility index (Phi) is 4.63. The molecule has 2 aromatic heterocycles. The number of hydrogen-bond acceptors (Lipinski definition) is 5. The van der Waals surface area contributed by atoms with Gasteiger partial charge in [0.05, 0.1) is 11.7 Å². The van der Waals surface area contributed by atoms with Gasteiger partial charge in [0.1, 0.15) is 0 Å². The molecule has 0 aliphatic rings. The molecule has 2 aromatic rings. The van der Waals surface area contributed by atoms with E-state index >= 15 is 0 Å². The third-order valence-corrected chi connectivity index (χ3v) is 3.09.